The van der Waals surface area contributed by atoms with Crippen molar-refractivity contribution in [3.63, 3.8) is 0 Å². The summed E-state index contributed by atoms with van der Waals surface area (Å²) in [5.74, 6) is 0.566. The second kappa shape index (κ2) is 8.07. The summed E-state index contributed by atoms with van der Waals surface area (Å²) in [5, 5.41) is 7.38. The van der Waals surface area contributed by atoms with Crippen molar-refractivity contribution in [2.45, 2.75) is 19.3 Å². The number of nitrogens with one attached hydrogen (secondary N) is 2. The van der Waals surface area contributed by atoms with Crippen LogP contribution in [0.15, 0.2) is 65.8 Å². The molecule has 3 rings (SSSR count). The molecule has 7 heteroatoms. The van der Waals surface area contributed by atoms with E-state index in [-0.39, 0.29) is 0 Å². The average molecular weight is 372 g/mol. The molecule has 0 saturated carbocycles. The van der Waals surface area contributed by atoms with Gasteiger partial charge >= 0.3 is 6.18 Å². The quantitative estimate of drug-likeness (QED) is 0.535. The van der Waals surface area contributed by atoms with Crippen LogP contribution in [-0.2, 0) is 19.3 Å². The summed E-state index contributed by atoms with van der Waals surface area (Å²) in [5.41, 5.74) is 2.08. The van der Waals surface area contributed by atoms with Gasteiger partial charge in [-0.3, -0.25) is 9.98 Å². The molecule has 0 radical (unpaired) electrons. The topological polar surface area (TPSA) is 49.3 Å². The number of aliphatic imine (C=N–C) groups is 1. The van der Waals surface area contributed by atoms with Crippen LogP contribution in [0.5, 0.6) is 0 Å². The zero-order chi connectivity index (χ0) is 19.3. The number of benzene rings is 2. The molecule has 0 aliphatic heterocycles. The minimum absolute atomic E-state index is 0.370. The van der Waals surface area contributed by atoms with Crippen LogP contribution in [0.1, 0.15) is 16.7 Å². The van der Waals surface area contributed by atoms with Crippen LogP contribution >= 0.6 is 0 Å². The second-order valence-corrected chi connectivity index (χ2v) is 5.96. The number of hydrogen-bond acceptors (Lipinski definition) is 2. The standard InChI is InChI=1S/C20H19F3N4/c1-24-19(26-12-14-6-8-16(9-7-14)20(21,22)23)27-13-15-10-11-25-18-5-3-2-4-17(15)18/h2-11H,12-13H2,1H3,(H2,24,26,27). The lowest BCUT2D eigenvalue weighted by atomic mass is 10.1. The number of halogens is 3. The summed E-state index contributed by atoms with van der Waals surface area (Å²) in [6.07, 6.45) is -2.56. The van der Waals surface area contributed by atoms with Gasteiger partial charge in [-0.2, -0.15) is 13.2 Å². The van der Waals surface area contributed by atoms with Gasteiger partial charge in [0.1, 0.15) is 0 Å². The molecule has 3 aromatic rings. The molecule has 27 heavy (non-hydrogen) atoms. The largest absolute Gasteiger partial charge is 0.416 e. The number of hydrogen-bond donors (Lipinski definition) is 2. The van der Waals surface area contributed by atoms with E-state index in [1.54, 1.807) is 13.2 Å². The second-order valence-electron chi connectivity index (χ2n) is 5.96. The maximum atomic E-state index is 12.6. The minimum Gasteiger partial charge on any atom is -0.352 e. The molecule has 2 N–H and O–H groups in total. The maximum Gasteiger partial charge on any atom is 0.416 e. The Hall–Kier alpha value is -3.09. The van der Waals surface area contributed by atoms with E-state index in [4.69, 9.17) is 0 Å². The van der Waals surface area contributed by atoms with Gasteiger partial charge in [0.2, 0.25) is 0 Å². The van der Waals surface area contributed by atoms with Gasteiger partial charge in [-0.25, -0.2) is 0 Å². The Morgan fingerprint density at radius 2 is 1.67 bits per heavy atom. The third-order valence-electron chi connectivity index (χ3n) is 4.15. The number of guanidine groups is 1. The highest BCUT2D eigenvalue weighted by Crippen LogP contribution is 2.29. The molecule has 0 unspecified atom stereocenters. The molecule has 2 aromatic carbocycles. The summed E-state index contributed by atoms with van der Waals surface area (Å²) >= 11 is 0. The van der Waals surface area contributed by atoms with Crippen molar-refractivity contribution in [1.29, 1.82) is 0 Å². The van der Waals surface area contributed by atoms with Gasteiger partial charge in [-0.15, -0.1) is 0 Å². The lowest BCUT2D eigenvalue weighted by Crippen LogP contribution is -2.36. The molecule has 0 spiro atoms. The van der Waals surface area contributed by atoms with E-state index in [9.17, 15) is 13.2 Å². The predicted molar refractivity (Wildman–Crippen MR) is 100 cm³/mol. The number of fused-ring (bicyclic) bond motifs is 1. The van der Waals surface area contributed by atoms with Crippen LogP contribution in [0, 0.1) is 0 Å². The van der Waals surface area contributed by atoms with Crippen LogP contribution in [-0.4, -0.2) is 18.0 Å². The van der Waals surface area contributed by atoms with Gasteiger partial charge < -0.3 is 10.6 Å². The SMILES string of the molecule is CN=C(NCc1ccc(C(F)(F)F)cc1)NCc1ccnc2ccccc12. The Balaban J connectivity index is 1.60. The maximum absolute atomic E-state index is 12.6. The van der Waals surface area contributed by atoms with Gasteiger partial charge in [0.15, 0.2) is 5.96 Å². The third kappa shape index (κ3) is 4.75. The molecule has 0 aliphatic carbocycles. The summed E-state index contributed by atoms with van der Waals surface area (Å²) in [7, 11) is 1.65. The van der Waals surface area contributed by atoms with E-state index in [1.807, 2.05) is 30.3 Å². The number of para-hydroxylation sites is 1. The Labute approximate surface area is 155 Å². The Bertz CT molecular complexity index is 929. The van der Waals surface area contributed by atoms with E-state index in [0.717, 1.165) is 34.2 Å². The fourth-order valence-corrected chi connectivity index (χ4v) is 2.71. The normalized spacial score (nSPS) is 12.2. The first-order chi connectivity index (χ1) is 13.0. The molecule has 140 valence electrons. The Kier molecular flexibility index (Phi) is 5.59. The highest BCUT2D eigenvalue weighted by Gasteiger charge is 2.29. The number of alkyl halides is 3. The highest BCUT2D eigenvalue weighted by molar-refractivity contribution is 5.83. The molecule has 0 atom stereocenters. The number of nitrogens with zero attached hydrogens (tertiary/aromatic N) is 2. The van der Waals surface area contributed by atoms with Crippen molar-refractivity contribution < 1.29 is 13.2 Å². The zero-order valence-electron chi connectivity index (χ0n) is 14.7. The van der Waals surface area contributed by atoms with E-state index in [0.29, 0.717) is 19.0 Å². The number of rotatable bonds is 4. The molecule has 0 aliphatic rings. The van der Waals surface area contributed by atoms with Crippen molar-refractivity contribution >= 4 is 16.9 Å². The van der Waals surface area contributed by atoms with Crippen LogP contribution in [0.4, 0.5) is 13.2 Å². The first-order valence-corrected chi connectivity index (χ1v) is 8.40. The first kappa shape index (κ1) is 18.7. The van der Waals surface area contributed by atoms with Gasteiger partial charge in [0.05, 0.1) is 11.1 Å². The minimum atomic E-state index is -4.32. The van der Waals surface area contributed by atoms with Crippen LogP contribution in [0.25, 0.3) is 10.9 Å². The van der Waals surface area contributed by atoms with Gasteiger partial charge in [0, 0.05) is 31.7 Å². The molecular formula is C20H19F3N4. The van der Waals surface area contributed by atoms with Crippen LogP contribution in [0.3, 0.4) is 0 Å². The van der Waals surface area contributed by atoms with E-state index in [1.165, 1.54) is 12.1 Å². The monoisotopic (exact) mass is 372 g/mol. The van der Waals surface area contributed by atoms with Crippen molar-refractivity contribution in [2.75, 3.05) is 7.05 Å². The molecular weight excluding hydrogens is 353 g/mol. The molecule has 4 nitrogen and oxygen atoms in total. The van der Waals surface area contributed by atoms with Crippen molar-refractivity contribution in [1.82, 2.24) is 15.6 Å². The van der Waals surface area contributed by atoms with Gasteiger partial charge in [-0.1, -0.05) is 30.3 Å². The summed E-state index contributed by atoms with van der Waals surface area (Å²) in [6.45, 7) is 0.921. The third-order valence-corrected chi connectivity index (χ3v) is 4.15. The molecule has 0 saturated heterocycles. The zero-order valence-corrected chi connectivity index (χ0v) is 14.7. The first-order valence-electron chi connectivity index (χ1n) is 8.40. The molecule has 0 fully saturated rings. The van der Waals surface area contributed by atoms with E-state index in [2.05, 4.69) is 20.6 Å². The van der Waals surface area contributed by atoms with Gasteiger partial charge in [0.25, 0.3) is 0 Å². The fourth-order valence-electron chi connectivity index (χ4n) is 2.71. The van der Waals surface area contributed by atoms with Crippen LogP contribution in [0.2, 0.25) is 0 Å². The Morgan fingerprint density at radius 3 is 2.37 bits per heavy atom. The highest BCUT2D eigenvalue weighted by atomic mass is 19.4. The predicted octanol–water partition coefficient (Wildman–Crippen LogP) is 4.12. The van der Waals surface area contributed by atoms with E-state index < -0.39 is 11.7 Å². The van der Waals surface area contributed by atoms with E-state index >= 15 is 0 Å². The number of pyridine rings is 1. The summed E-state index contributed by atoms with van der Waals surface area (Å²) < 4.78 is 37.8. The lowest BCUT2D eigenvalue weighted by Gasteiger charge is -2.13. The van der Waals surface area contributed by atoms with Crippen LogP contribution < -0.4 is 10.6 Å². The van der Waals surface area contributed by atoms with Crippen molar-refractivity contribution in [2.24, 2.45) is 4.99 Å². The number of aromatic nitrogens is 1. The lowest BCUT2D eigenvalue weighted by molar-refractivity contribution is -0.137. The molecule has 1 heterocycles. The Morgan fingerprint density at radius 1 is 0.963 bits per heavy atom. The fraction of sp³-hybridized carbons (Fsp3) is 0.200. The average Bonchev–Trinajstić information content (AvgIpc) is 2.68. The summed E-state index contributed by atoms with van der Waals surface area (Å²) in [6, 6.07) is 14.9. The molecule has 0 amide bonds. The molecule has 1 aromatic heterocycles. The molecule has 0 bridgehead atoms. The summed E-state index contributed by atoms with van der Waals surface area (Å²) in [4.78, 5) is 8.49. The smallest absolute Gasteiger partial charge is 0.352 e. The van der Waals surface area contributed by atoms with Crippen molar-refractivity contribution in [3.8, 4) is 0 Å². The van der Waals surface area contributed by atoms with Crippen molar-refractivity contribution in [3.05, 3.63) is 77.5 Å². The van der Waals surface area contributed by atoms with Gasteiger partial charge in [-0.05, 0) is 35.4 Å².